The van der Waals surface area contributed by atoms with E-state index in [1.807, 2.05) is 6.92 Å². The summed E-state index contributed by atoms with van der Waals surface area (Å²) in [6.07, 6.45) is 3.06. The van der Waals surface area contributed by atoms with E-state index in [2.05, 4.69) is 17.1 Å². The molecule has 2 aromatic carbocycles. The van der Waals surface area contributed by atoms with E-state index in [0.29, 0.717) is 45.9 Å². The first-order chi connectivity index (χ1) is 17.8. The molecule has 1 fully saturated rings. The van der Waals surface area contributed by atoms with Crippen LogP contribution >= 0.6 is 22.9 Å². The molecule has 1 unspecified atom stereocenters. The minimum absolute atomic E-state index is 0.0563. The summed E-state index contributed by atoms with van der Waals surface area (Å²) in [5.41, 5.74) is 0.868. The summed E-state index contributed by atoms with van der Waals surface area (Å²) in [7, 11) is 0. The molecule has 1 aliphatic heterocycles. The highest BCUT2D eigenvalue weighted by Gasteiger charge is 2.48. The quantitative estimate of drug-likeness (QED) is 0.143. The topological polar surface area (TPSA) is 102 Å². The Balaban J connectivity index is 1.84. The molecule has 1 N–H and O–H groups in total. The molecule has 4 rings (SSSR count). The lowest BCUT2D eigenvalue weighted by Gasteiger charge is -2.23. The number of amides is 1. The maximum Gasteiger partial charge on any atom is 0.301 e. The van der Waals surface area contributed by atoms with Crippen molar-refractivity contribution in [1.82, 2.24) is 10.2 Å². The second-order valence-corrected chi connectivity index (χ2v) is 10.1. The van der Waals surface area contributed by atoms with Crippen molar-refractivity contribution in [3.05, 3.63) is 69.2 Å². The van der Waals surface area contributed by atoms with Crippen molar-refractivity contribution in [3.8, 4) is 11.5 Å². The lowest BCUT2D eigenvalue weighted by molar-refractivity contribution is -0.132. The van der Waals surface area contributed by atoms with Gasteiger partial charge in [-0.25, -0.2) is 0 Å². The molecule has 0 saturated carbocycles. The van der Waals surface area contributed by atoms with Gasteiger partial charge in [-0.2, -0.15) is 0 Å². The molecular weight excluding hydrogens is 514 g/mol. The first-order valence-corrected chi connectivity index (χ1v) is 13.3. The molecule has 1 atom stereocenters. The summed E-state index contributed by atoms with van der Waals surface area (Å²) < 4.78 is 11.8. The number of aromatic nitrogens is 2. The highest BCUT2D eigenvalue weighted by Crippen LogP contribution is 2.44. The number of ketones is 1. The lowest BCUT2D eigenvalue weighted by atomic mass is 9.95. The Morgan fingerprint density at radius 3 is 2.46 bits per heavy atom. The van der Waals surface area contributed by atoms with Crippen LogP contribution in [0.5, 0.6) is 11.5 Å². The summed E-state index contributed by atoms with van der Waals surface area (Å²) in [6.45, 7) is 6.70. The average Bonchev–Trinajstić information content (AvgIpc) is 3.43. The smallest absolute Gasteiger partial charge is 0.301 e. The zero-order chi connectivity index (χ0) is 26.5. The molecule has 0 spiro atoms. The van der Waals surface area contributed by atoms with Crippen molar-refractivity contribution in [3.63, 3.8) is 0 Å². The van der Waals surface area contributed by atoms with Crippen LogP contribution in [-0.2, 0) is 9.59 Å². The lowest BCUT2D eigenvalue weighted by Crippen LogP contribution is -2.29. The van der Waals surface area contributed by atoms with Gasteiger partial charge in [0.2, 0.25) is 5.13 Å². The Morgan fingerprint density at radius 2 is 1.81 bits per heavy atom. The van der Waals surface area contributed by atoms with Crippen molar-refractivity contribution < 1.29 is 24.2 Å². The summed E-state index contributed by atoms with van der Waals surface area (Å²) in [5, 5.41) is 20.8. The molecule has 1 saturated heterocycles. The molecule has 37 heavy (non-hydrogen) atoms. The number of hydrogen-bond acceptors (Lipinski definition) is 8. The number of halogens is 1. The Kier molecular flexibility index (Phi) is 8.45. The molecule has 3 aromatic rings. The van der Waals surface area contributed by atoms with Gasteiger partial charge in [-0.1, -0.05) is 48.8 Å². The highest BCUT2D eigenvalue weighted by atomic mass is 35.5. The first kappa shape index (κ1) is 26.6. The van der Waals surface area contributed by atoms with Gasteiger partial charge in [0.1, 0.15) is 10.8 Å². The van der Waals surface area contributed by atoms with Gasteiger partial charge in [0.15, 0.2) is 11.5 Å². The van der Waals surface area contributed by atoms with Crippen LogP contribution in [0.25, 0.3) is 5.76 Å². The fraction of sp³-hybridized carbons (Fsp3) is 0.333. The van der Waals surface area contributed by atoms with Crippen LogP contribution in [0.3, 0.4) is 0 Å². The number of ether oxygens (including phenoxy) is 2. The number of Topliss-reactive ketones (excluding diaryl/α,β-unsaturated/α-hetero) is 1. The van der Waals surface area contributed by atoms with Crippen LogP contribution in [-0.4, -0.2) is 40.2 Å². The molecular formula is C27H28ClN3O5S. The molecule has 1 aromatic heterocycles. The van der Waals surface area contributed by atoms with Gasteiger partial charge in [0.25, 0.3) is 5.78 Å². The maximum absolute atomic E-state index is 13.3. The number of rotatable bonds is 10. The summed E-state index contributed by atoms with van der Waals surface area (Å²) >= 11 is 7.19. The Bertz CT molecular complexity index is 1320. The van der Waals surface area contributed by atoms with Gasteiger partial charge >= 0.3 is 5.91 Å². The number of carbonyl (C=O) groups excluding carboxylic acids is 2. The molecule has 0 aliphatic carbocycles. The fourth-order valence-electron chi connectivity index (χ4n) is 4.11. The summed E-state index contributed by atoms with van der Waals surface area (Å²) in [4.78, 5) is 27.9. The zero-order valence-corrected chi connectivity index (χ0v) is 22.4. The second kappa shape index (κ2) is 11.7. The largest absolute Gasteiger partial charge is 0.507 e. The summed E-state index contributed by atoms with van der Waals surface area (Å²) in [6, 6.07) is 10.7. The molecule has 2 heterocycles. The van der Waals surface area contributed by atoms with Gasteiger partial charge in [0.05, 0.1) is 24.8 Å². The Labute approximate surface area is 224 Å². The third-order valence-electron chi connectivity index (χ3n) is 5.87. The normalized spacial score (nSPS) is 16.9. The first-order valence-electron chi connectivity index (χ1n) is 12.1. The van der Waals surface area contributed by atoms with Gasteiger partial charge in [0, 0.05) is 10.6 Å². The minimum Gasteiger partial charge on any atom is -0.507 e. The van der Waals surface area contributed by atoms with E-state index in [1.54, 1.807) is 49.4 Å². The minimum atomic E-state index is -0.948. The molecule has 8 nitrogen and oxygen atoms in total. The third kappa shape index (κ3) is 5.62. The van der Waals surface area contributed by atoms with Crippen LogP contribution in [0.4, 0.5) is 5.13 Å². The number of unbranched alkanes of at least 4 members (excludes halogenated alkanes) is 2. The number of aliphatic hydroxyl groups is 1. The van der Waals surface area contributed by atoms with Crippen molar-refractivity contribution in [2.24, 2.45) is 0 Å². The fourth-order valence-corrected chi connectivity index (χ4v) is 4.95. The SMILES string of the molecule is CCCCCOc1ccc(C2/C(=C(\O)c3ccc(Cl)cc3)C(=O)C(=O)N2c2nnc(C)s2)cc1OCC. The van der Waals surface area contributed by atoms with Crippen LogP contribution < -0.4 is 14.4 Å². The van der Waals surface area contributed by atoms with Gasteiger partial charge in [-0.3, -0.25) is 14.5 Å². The van der Waals surface area contributed by atoms with E-state index in [4.69, 9.17) is 21.1 Å². The summed E-state index contributed by atoms with van der Waals surface area (Å²) in [5.74, 6) is -0.857. The van der Waals surface area contributed by atoms with Crippen molar-refractivity contribution in [2.45, 2.75) is 46.1 Å². The third-order valence-corrected chi connectivity index (χ3v) is 6.96. The Hall–Kier alpha value is -3.43. The standard InChI is InChI=1S/C27H28ClN3O5S/c1-4-6-7-14-36-20-13-10-18(15-21(20)35-5-2)23-22(24(32)17-8-11-19(28)12-9-17)25(33)26(34)31(23)27-30-29-16(3)37-27/h8-13,15,23,32H,4-7,14H2,1-3H3/b24-22+. The highest BCUT2D eigenvalue weighted by molar-refractivity contribution is 7.15. The number of aliphatic hydroxyl groups excluding tert-OH is 1. The van der Waals surface area contributed by atoms with Gasteiger partial charge in [-0.05, 0) is 62.2 Å². The monoisotopic (exact) mass is 541 g/mol. The predicted molar refractivity (Wildman–Crippen MR) is 144 cm³/mol. The van der Waals surface area contributed by atoms with Crippen molar-refractivity contribution in [2.75, 3.05) is 18.1 Å². The van der Waals surface area contributed by atoms with Crippen LogP contribution in [0.15, 0.2) is 48.0 Å². The predicted octanol–water partition coefficient (Wildman–Crippen LogP) is 6.09. The molecule has 10 heteroatoms. The van der Waals surface area contributed by atoms with E-state index >= 15 is 0 Å². The van der Waals surface area contributed by atoms with Gasteiger partial charge < -0.3 is 14.6 Å². The molecule has 0 bridgehead atoms. The van der Waals surface area contributed by atoms with Crippen LogP contribution in [0, 0.1) is 6.92 Å². The number of nitrogens with zero attached hydrogens (tertiary/aromatic N) is 3. The number of carbonyl (C=O) groups is 2. The molecule has 1 amide bonds. The van der Waals surface area contributed by atoms with E-state index in [0.717, 1.165) is 19.3 Å². The zero-order valence-electron chi connectivity index (χ0n) is 20.9. The van der Waals surface area contributed by atoms with Crippen LogP contribution in [0.1, 0.15) is 55.3 Å². The number of aryl methyl sites for hydroxylation is 1. The van der Waals surface area contributed by atoms with Crippen molar-refractivity contribution >= 4 is 45.5 Å². The van der Waals surface area contributed by atoms with Gasteiger partial charge in [-0.15, -0.1) is 10.2 Å². The van der Waals surface area contributed by atoms with Crippen molar-refractivity contribution in [1.29, 1.82) is 0 Å². The van der Waals surface area contributed by atoms with E-state index in [9.17, 15) is 14.7 Å². The second-order valence-electron chi connectivity index (χ2n) is 8.47. The molecule has 0 radical (unpaired) electrons. The van der Waals surface area contributed by atoms with E-state index in [1.165, 1.54) is 16.2 Å². The van der Waals surface area contributed by atoms with E-state index < -0.39 is 17.7 Å². The Morgan fingerprint density at radius 1 is 1.05 bits per heavy atom. The number of benzene rings is 2. The number of anilines is 1. The number of hydrogen-bond donors (Lipinski definition) is 1. The van der Waals surface area contributed by atoms with E-state index in [-0.39, 0.29) is 16.5 Å². The average molecular weight is 542 g/mol. The maximum atomic E-state index is 13.3. The molecule has 194 valence electrons. The molecule has 1 aliphatic rings. The van der Waals surface area contributed by atoms with Crippen LogP contribution in [0.2, 0.25) is 5.02 Å².